The monoisotopic (exact) mass is 243 g/mol. The molecule has 0 atom stereocenters. The molecule has 1 aliphatic carbocycles. The third kappa shape index (κ3) is 2.06. The van der Waals surface area contributed by atoms with Crippen molar-refractivity contribution in [2.45, 2.75) is 37.8 Å². The van der Waals surface area contributed by atoms with Crippen molar-refractivity contribution in [3.05, 3.63) is 34.9 Å². The van der Waals surface area contributed by atoms with Crippen molar-refractivity contribution < 1.29 is 13.2 Å². The van der Waals surface area contributed by atoms with Gasteiger partial charge < -0.3 is 5.73 Å². The van der Waals surface area contributed by atoms with Crippen molar-refractivity contribution in [3.63, 3.8) is 0 Å². The second kappa shape index (κ2) is 3.73. The summed E-state index contributed by atoms with van der Waals surface area (Å²) in [6.07, 6.45) is 1.46. The van der Waals surface area contributed by atoms with Gasteiger partial charge in [-0.25, -0.2) is 13.2 Å². The Morgan fingerprint density at radius 2 is 1.88 bits per heavy atom. The summed E-state index contributed by atoms with van der Waals surface area (Å²) in [4.78, 5) is 0. The molecule has 2 N–H and O–H groups in total. The Morgan fingerprint density at radius 3 is 2.29 bits per heavy atom. The Hall–Kier alpha value is -1.03. The van der Waals surface area contributed by atoms with Gasteiger partial charge in [-0.15, -0.1) is 0 Å². The van der Waals surface area contributed by atoms with Gasteiger partial charge in [0.05, 0.1) is 0 Å². The molecule has 4 heteroatoms. The second-order valence-electron chi connectivity index (χ2n) is 5.28. The lowest BCUT2D eigenvalue weighted by molar-refractivity contribution is 0.220. The van der Waals surface area contributed by atoms with Gasteiger partial charge in [-0.3, -0.25) is 0 Å². The van der Waals surface area contributed by atoms with Crippen molar-refractivity contribution in [1.82, 2.24) is 0 Å². The van der Waals surface area contributed by atoms with Gasteiger partial charge in [-0.05, 0) is 49.9 Å². The predicted molar refractivity (Wildman–Crippen MR) is 60.5 cm³/mol. The number of rotatable bonds is 3. The van der Waals surface area contributed by atoms with E-state index in [9.17, 15) is 13.2 Å². The SMILES string of the molecule is CC(C)(F)c1cc(F)c(F)c(C2(CN)CC2)c1. The average Bonchev–Trinajstić information content (AvgIpc) is 3.01. The van der Waals surface area contributed by atoms with E-state index in [1.54, 1.807) is 0 Å². The molecule has 0 radical (unpaired) electrons. The minimum Gasteiger partial charge on any atom is -0.330 e. The van der Waals surface area contributed by atoms with Gasteiger partial charge in [0.1, 0.15) is 5.67 Å². The molecule has 1 fully saturated rings. The minimum absolute atomic E-state index is 0.158. The van der Waals surface area contributed by atoms with Gasteiger partial charge in [0.15, 0.2) is 11.6 Å². The highest BCUT2D eigenvalue weighted by molar-refractivity contribution is 5.38. The zero-order valence-electron chi connectivity index (χ0n) is 9.99. The molecule has 1 saturated carbocycles. The fourth-order valence-electron chi connectivity index (χ4n) is 2.05. The molecule has 1 aromatic rings. The molecule has 0 amide bonds. The molecule has 2 rings (SSSR count). The van der Waals surface area contributed by atoms with Crippen molar-refractivity contribution >= 4 is 0 Å². The van der Waals surface area contributed by atoms with Gasteiger partial charge in [-0.2, -0.15) is 0 Å². The smallest absolute Gasteiger partial charge is 0.162 e. The number of alkyl halides is 1. The van der Waals surface area contributed by atoms with Crippen LogP contribution in [-0.2, 0) is 11.1 Å². The average molecular weight is 243 g/mol. The molecule has 94 valence electrons. The van der Waals surface area contributed by atoms with Gasteiger partial charge in [0.25, 0.3) is 0 Å². The van der Waals surface area contributed by atoms with Gasteiger partial charge in [0.2, 0.25) is 0 Å². The van der Waals surface area contributed by atoms with E-state index in [4.69, 9.17) is 5.73 Å². The maximum atomic E-state index is 13.8. The maximum Gasteiger partial charge on any atom is 0.162 e. The van der Waals surface area contributed by atoms with Crippen LogP contribution in [0.25, 0.3) is 0 Å². The summed E-state index contributed by atoms with van der Waals surface area (Å²) in [5.41, 5.74) is 3.81. The zero-order chi connectivity index (χ0) is 12.8. The van der Waals surface area contributed by atoms with E-state index < -0.39 is 22.7 Å². The van der Waals surface area contributed by atoms with Crippen LogP contribution in [0.1, 0.15) is 37.8 Å². The molecule has 0 spiro atoms. The Morgan fingerprint density at radius 1 is 1.29 bits per heavy atom. The topological polar surface area (TPSA) is 26.0 Å². The van der Waals surface area contributed by atoms with E-state index in [1.807, 2.05) is 0 Å². The van der Waals surface area contributed by atoms with E-state index >= 15 is 0 Å². The fraction of sp³-hybridized carbons (Fsp3) is 0.538. The molecule has 17 heavy (non-hydrogen) atoms. The lowest BCUT2D eigenvalue weighted by atomic mass is 9.90. The largest absolute Gasteiger partial charge is 0.330 e. The number of nitrogens with two attached hydrogens (primary N) is 1. The predicted octanol–water partition coefficient (Wildman–Crippen LogP) is 3.16. The third-order valence-electron chi connectivity index (χ3n) is 3.53. The summed E-state index contributed by atoms with van der Waals surface area (Å²) in [6, 6.07) is 2.34. The van der Waals surface area contributed by atoms with Gasteiger partial charge in [0, 0.05) is 12.0 Å². The number of halogens is 3. The maximum absolute atomic E-state index is 13.8. The lowest BCUT2D eigenvalue weighted by Gasteiger charge is -2.20. The molecule has 1 aromatic carbocycles. The lowest BCUT2D eigenvalue weighted by Crippen LogP contribution is -2.23. The zero-order valence-corrected chi connectivity index (χ0v) is 9.99. The minimum atomic E-state index is -1.69. The summed E-state index contributed by atoms with van der Waals surface area (Å²) in [5.74, 6) is -1.89. The first-order chi connectivity index (χ1) is 7.80. The van der Waals surface area contributed by atoms with Crippen LogP contribution >= 0.6 is 0 Å². The van der Waals surface area contributed by atoms with Gasteiger partial charge in [-0.1, -0.05) is 0 Å². The van der Waals surface area contributed by atoms with Crippen LogP contribution in [0.4, 0.5) is 13.2 Å². The quantitative estimate of drug-likeness (QED) is 0.867. The molecule has 0 heterocycles. The molecule has 0 aliphatic heterocycles. The highest BCUT2D eigenvalue weighted by atomic mass is 19.2. The van der Waals surface area contributed by atoms with Crippen LogP contribution in [0.15, 0.2) is 12.1 Å². The number of hydrogen-bond acceptors (Lipinski definition) is 1. The van der Waals surface area contributed by atoms with E-state index in [2.05, 4.69) is 0 Å². The summed E-state index contributed by atoms with van der Waals surface area (Å²) in [5, 5.41) is 0. The summed E-state index contributed by atoms with van der Waals surface area (Å²) >= 11 is 0. The van der Waals surface area contributed by atoms with Gasteiger partial charge >= 0.3 is 0 Å². The Bertz CT molecular complexity index is 445. The highest BCUT2D eigenvalue weighted by Gasteiger charge is 2.46. The number of benzene rings is 1. The van der Waals surface area contributed by atoms with Crippen LogP contribution in [0.5, 0.6) is 0 Å². The Balaban J connectivity index is 2.56. The van der Waals surface area contributed by atoms with Crippen molar-refractivity contribution in [1.29, 1.82) is 0 Å². The van der Waals surface area contributed by atoms with Crippen molar-refractivity contribution in [2.24, 2.45) is 5.73 Å². The second-order valence-corrected chi connectivity index (χ2v) is 5.28. The van der Waals surface area contributed by atoms with Crippen LogP contribution in [-0.4, -0.2) is 6.54 Å². The van der Waals surface area contributed by atoms with Crippen molar-refractivity contribution in [3.8, 4) is 0 Å². The summed E-state index contributed by atoms with van der Waals surface area (Å²) < 4.78 is 41.0. The van der Waals surface area contributed by atoms with Crippen molar-refractivity contribution in [2.75, 3.05) is 6.54 Å². The molecule has 0 unspecified atom stereocenters. The first kappa shape index (κ1) is 12.4. The molecule has 1 nitrogen and oxygen atoms in total. The first-order valence-electron chi connectivity index (χ1n) is 5.69. The van der Waals surface area contributed by atoms with Crippen LogP contribution in [0.3, 0.4) is 0 Å². The summed E-state index contributed by atoms with van der Waals surface area (Å²) in [7, 11) is 0. The highest BCUT2D eigenvalue weighted by Crippen LogP contribution is 2.49. The van der Waals surface area contributed by atoms with E-state index in [0.29, 0.717) is 0 Å². The molecule has 0 saturated heterocycles. The Labute approximate surface area is 98.8 Å². The standard InChI is InChI=1S/C13H16F3N/c1-12(2,16)8-5-9(11(15)10(14)6-8)13(7-17)3-4-13/h5-6H,3-4,7,17H2,1-2H3. The van der Waals surface area contributed by atoms with E-state index in [-0.39, 0.29) is 17.7 Å². The summed E-state index contributed by atoms with van der Waals surface area (Å²) in [6.45, 7) is 2.91. The normalized spacial score (nSPS) is 18.2. The molecular weight excluding hydrogens is 227 g/mol. The van der Waals surface area contributed by atoms with E-state index in [0.717, 1.165) is 18.9 Å². The number of hydrogen-bond donors (Lipinski definition) is 1. The van der Waals surface area contributed by atoms with Crippen LogP contribution in [0, 0.1) is 11.6 Å². The molecular formula is C13H16F3N. The fourth-order valence-corrected chi connectivity index (χ4v) is 2.05. The first-order valence-corrected chi connectivity index (χ1v) is 5.69. The molecule has 0 bridgehead atoms. The molecule has 0 aromatic heterocycles. The Kier molecular flexibility index (Phi) is 2.73. The third-order valence-corrected chi connectivity index (χ3v) is 3.53. The molecule has 1 aliphatic rings. The van der Waals surface area contributed by atoms with E-state index in [1.165, 1.54) is 19.9 Å². The van der Waals surface area contributed by atoms with Crippen LogP contribution < -0.4 is 5.73 Å². The van der Waals surface area contributed by atoms with Crippen LogP contribution in [0.2, 0.25) is 0 Å².